The van der Waals surface area contributed by atoms with Crippen molar-refractivity contribution < 1.29 is 19.4 Å². The lowest BCUT2D eigenvalue weighted by atomic mass is 9.89. The molecule has 0 spiro atoms. The van der Waals surface area contributed by atoms with Crippen LogP contribution < -0.4 is 5.32 Å². The van der Waals surface area contributed by atoms with Gasteiger partial charge in [-0.2, -0.15) is 0 Å². The van der Waals surface area contributed by atoms with E-state index in [1.165, 1.54) is 0 Å². The Kier molecular flexibility index (Phi) is 5.88. The van der Waals surface area contributed by atoms with E-state index in [4.69, 9.17) is 14.6 Å². The van der Waals surface area contributed by atoms with E-state index < -0.39 is 0 Å². The van der Waals surface area contributed by atoms with E-state index in [-0.39, 0.29) is 36.6 Å². The van der Waals surface area contributed by atoms with E-state index in [1.54, 1.807) is 0 Å². The van der Waals surface area contributed by atoms with Gasteiger partial charge in [-0.15, -0.1) is 0 Å². The van der Waals surface area contributed by atoms with E-state index in [0.29, 0.717) is 19.8 Å². The fourth-order valence-corrected chi connectivity index (χ4v) is 2.25. The molecular weight excluding hydrogens is 222 g/mol. The highest BCUT2D eigenvalue weighted by atomic mass is 16.5. The Balaban J connectivity index is 2.27. The number of aliphatic hydroxyl groups excluding tert-OH is 1. The lowest BCUT2D eigenvalue weighted by molar-refractivity contribution is -0.127. The SMILES string of the molecule is CC1OC(C)C(C(=O)NCCOCCO)C1C. The zero-order valence-electron chi connectivity index (χ0n) is 10.8. The number of rotatable bonds is 6. The zero-order chi connectivity index (χ0) is 12.8. The number of nitrogens with one attached hydrogen (secondary N) is 1. The van der Waals surface area contributed by atoms with Gasteiger partial charge in [0.15, 0.2) is 0 Å². The summed E-state index contributed by atoms with van der Waals surface area (Å²) in [5, 5.41) is 11.4. The second-order valence-electron chi connectivity index (χ2n) is 4.56. The topological polar surface area (TPSA) is 67.8 Å². The molecule has 1 fully saturated rings. The molecule has 1 aliphatic heterocycles. The van der Waals surface area contributed by atoms with Crippen molar-refractivity contribution in [3.63, 3.8) is 0 Å². The second kappa shape index (κ2) is 6.93. The van der Waals surface area contributed by atoms with Crippen LogP contribution in [0.25, 0.3) is 0 Å². The van der Waals surface area contributed by atoms with Gasteiger partial charge in [0.1, 0.15) is 0 Å². The molecule has 0 aromatic heterocycles. The van der Waals surface area contributed by atoms with Crippen LogP contribution in [-0.2, 0) is 14.3 Å². The molecule has 1 amide bonds. The summed E-state index contributed by atoms with van der Waals surface area (Å²) in [6.45, 7) is 7.20. The first kappa shape index (κ1) is 14.4. The molecule has 1 rings (SSSR count). The van der Waals surface area contributed by atoms with Crippen molar-refractivity contribution >= 4 is 5.91 Å². The predicted octanol–water partition coefficient (Wildman–Crippen LogP) is 0.171. The van der Waals surface area contributed by atoms with Gasteiger partial charge in [0.05, 0.1) is 37.9 Å². The summed E-state index contributed by atoms with van der Waals surface area (Å²) in [6.07, 6.45) is 0.102. The Hall–Kier alpha value is -0.650. The van der Waals surface area contributed by atoms with Crippen LogP contribution in [0.2, 0.25) is 0 Å². The summed E-state index contributed by atoms with van der Waals surface area (Å²) in [5.41, 5.74) is 0. The van der Waals surface area contributed by atoms with Gasteiger partial charge in [-0.05, 0) is 19.8 Å². The zero-order valence-corrected chi connectivity index (χ0v) is 10.8. The predicted molar refractivity (Wildman–Crippen MR) is 63.6 cm³/mol. The average Bonchev–Trinajstić information content (AvgIpc) is 2.53. The standard InChI is InChI=1S/C12H23NO4/c1-8-9(2)17-10(3)11(8)12(15)13-4-6-16-7-5-14/h8-11,14H,4-7H2,1-3H3,(H,13,15). The molecule has 4 unspecified atom stereocenters. The van der Waals surface area contributed by atoms with Crippen molar-refractivity contribution in [1.82, 2.24) is 5.32 Å². The molecule has 0 aromatic rings. The summed E-state index contributed by atoms with van der Waals surface area (Å²) >= 11 is 0. The number of carbonyl (C=O) groups is 1. The first-order chi connectivity index (χ1) is 8.07. The number of ether oxygens (including phenoxy) is 2. The minimum atomic E-state index is -0.0807. The molecule has 17 heavy (non-hydrogen) atoms. The van der Waals surface area contributed by atoms with Crippen LogP contribution in [0.1, 0.15) is 20.8 Å². The molecule has 0 saturated carbocycles. The van der Waals surface area contributed by atoms with Gasteiger partial charge in [-0.1, -0.05) is 6.92 Å². The molecule has 0 aliphatic carbocycles. The maximum atomic E-state index is 11.9. The van der Waals surface area contributed by atoms with E-state index in [2.05, 4.69) is 5.32 Å². The Morgan fingerprint density at radius 3 is 2.53 bits per heavy atom. The molecule has 2 N–H and O–H groups in total. The highest BCUT2D eigenvalue weighted by molar-refractivity contribution is 5.79. The van der Waals surface area contributed by atoms with Crippen LogP contribution in [0, 0.1) is 11.8 Å². The maximum Gasteiger partial charge on any atom is 0.226 e. The lowest BCUT2D eigenvalue weighted by Crippen LogP contribution is -2.38. The minimum Gasteiger partial charge on any atom is -0.394 e. The van der Waals surface area contributed by atoms with Crippen LogP contribution in [0.15, 0.2) is 0 Å². The van der Waals surface area contributed by atoms with Gasteiger partial charge >= 0.3 is 0 Å². The maximum absolute atomic E-state index is 11.9. The van der Waals surface area contributed by atoms with Crippen molar-refractivity contribution in [3.8, 4) is 0 Å². The molecule has 4 atom stereocenters. The Morgan fingerprint density at radius 2 is 2.00 bits per heavy atom. The molecule has 5 heteroatoms. The second-order valence-corrected chi connectivity index (χ2v) is 4.56. The number of hydrogen-bond acceptors (Lipinski definition) is 4. The Labute approximate surface area is 102 Å². The van der Waals surface area contributed by atoms with Crippen molar-refractivity contribution in [2.75, 3.05) is 26.4 Å². The van der Waals surface area contributed by atoms with Crippen LogP contribution in [0.3, 0.4) is 0 Å². The molecule has 5 nitrogen and oxygen atoms in total. The van der Waals surface area contributed by atoms with E-state index in [1.807, 2.05) is 20.8 Å². The number of hydrogen-bond donors (Lipinski definition) is 2. The number of carbonyl (C=O) groups excluding carboxylic acids is 1. The van der Waals surface area contributed by atoms with E-state index >= 15 is 0 Å². The van der Waals surface area contributed by atoms with Gasteiger partial charge in [0.2, 0.25) is 5.91 Å². The van der Waals surface area contributed by atoms with Crippen LogP contribution in [0.5, 0.6) is 0 Å². The van der Waals surface area contributed by atoms with Crippen molar-refractivity contribution in [3.05, 3.63) is 0 Å². The summed E-state index contributed by atoms with van der Waals surface area (Å²) in [6, 6.07) is 0. The average molecular weight is 245 g/mol. The third kappa shape index (κ3) is 3.94. The molecule has 0 bridgehead atoms. The fraction of sp³-hybridized carbons (Fsp3) is 0.917. The smallest absolute Gasteiger partial charge is 0.226 e. The highest BCUT2D eigenvalue weighted by Crippen LogP contribution is 2.31. The first-order valence-corrected chi connectivity index (χ1v) is 6.19. The van der Waals surface area contributed by atoms with Crippen molar-refractivity contribution in [2.24, 2.45) is 11.8 Å². The lowest BCUT2D eigenvalue weighted by Gasteiger charge is -2.17. The van der Waals surface area contributed by atoms with Crippen LogP contribution >= 0.6 is 0 Å². The molecule has 1 aliphatic rings. The van der Waals surface area contributed by atoms with Gasteiger partial charge < -0.3 is 19.9 Å². The first-order valence-electron chi connectivity index (χ1n) is 6.19. The molecule has 1 saturated heterocycles. The monoisotopic (exact) mass is 245 g/mol. The molecule has 100 valence electrons. The van der Waals surface area contributed by atoms with Crippen LogP contribution in [-0.4, -0.2) is 49.6 Å². The van der Waals surface area contributed by atoms with Crippen molar-refractivity contribution in [1.29, 1.82) is 0 Å². The fourth-order valence-electron chi connectivity index (χ4n) is 2.25. The number of amides is 1. The van der Waals surface area contributed by atoms with Gasteiger partial charge in [-0.25, -0.2) is 0 Å². The van der Waals surface area contributed by atoms with Crippen molar-refractivity contribution in [2.45, 2.75) is 33.0 Å². The molecule has 1 heterocycles. The van der Waals surface area contributed by atoms with E-state index in [0.717, 1.165) is 0 Å². The highest BCUT2D eigenvalue weighted by Gasteiger charge is 2.41. The molecular formula is C12H23NO4. The summed E-state index contributed by atoms with van der Waals surface area (Å²) in [5.74, 6) is 0.188. The molecule has 0 radical (unpaired) electrons. The molecule has 0 aromatic carbocycles. The summed E-state index contributed by atoms with van der Waals surface area (Å²) < 4.78 is 10.7. The summed E-state index contributed by atoms with van der Waals surface area (Å²) in [4.78, 5) is 11.9. The summed E-state index contributed by atoms with van der Waals surface area (Å²) in [7, 11) is 0. The Morgan fingerprint density at radius 1 is 1.29 bits per heavy atom. The largest absolute Gasteiger partial charge is 0.394 e. The Bertz CT molecular complexity index is 247. The number of aliphatic hydroxyl groups is 1. The third-order valence-electron chi connectivity index (χ3n) is 3.33. The van der Waals surface area contributed by atoms with Gasteiger partial charge in [0.25, 0.3) is 0 Å². The van der Waals surface area contributed by atoms with Gasteiger partial charge in [-0.3, -0.25) is 4.79 Å². The van der Waals surface area contributed by atoms with Crippen LogP contribution in [0.4, 0.5) is 0 Å². The third-order valence-corrected chi connectivity index (χ3v) is 3.33. The van der Waals surface area contributed by atoms with Gasteiger partial charge in [0, 0.05) is 6.54 Å². The minimum absolute atomic E-state index is 0.00991. The van der Waals surface area contributed by atoms with E-state index in [9.17, 15) is 4.79 Å². The normalized spacial score (nSPS) is 32.7. The quantitative estimate of drug-likeness (QED) is 0.655.